The van der Waals surface area contributed by atoms with E-state index in [9.17, 15) is 14.4 Å². The number of carbonyl (C=O) groups excluding carboxylic acids is 3. The minimum absolute atomic E-state index is 0.00316. The summed E-state index contributed by atoms with van der Waals surface area (Å²) in [5.41, 5.74) is 1.95. The smallest absolute Gasteiger partial charge is 0.318 e. The molecule has 11 heteroatoms. The van der Waals surface area contributed by atoms with Gasteiger partial charge in [0.05, 0.1) is 10.6 Å². The Labute approximate surface area is 198 Å². The van der Waals surface area contributed by atoms with Crippen LogP contribution in [0.5, 0.6) is 0 Å². The summed E-state index contributed by atoms with van der Waals surface area (Å²) >= 11 is 2.84. The summed E-state index contributed by atoms with van der Waals surface area (Å²) < 4.78 is 2.08. The fourth-order valence-electron chi connectivity index (χ4n) is 3.94. The van der Waals surface area contributed by atoms with Gasteiger partial charge in [0.2, 0.25) is 5.91 Å². The van der Waals surface area contributed by atoms with E-state index in [0.29, 0.717) is 23.2 Å². The summed E-state index contributed by atoms with van der Waals surface area (Å²) in [4.78, 5) is 39.4. The predicted octanol–water partition coefficient (Wildman–Crippen LogP) is 3.32. The van der Waals surface area contributed by atoms with Crippen molar-refractivity contribution in [3.8, 4) is 10.7 Å². The van der Waals surface area contributed by atoms with Crippen LogP contribution in [-0.2, 0) is 15.1 Å². The van der Waals surface area contributed by atoms with Crippen LogP contribution in [0, 0.1) is 0 Å². The molecule has 1 aromatic carbocycles. The van der Waals surface area contributed by atoms with Crippen LogP contribution in [0.25, 0.3) is 10.7 Å². The first-order valence-electron chi connectivity index (χ1n) is 10.7. The third-order valence-corrected chi connectivity index (χ3v) is 7.58. The average molecular weight is 483 g/mol. The lowest BCUT2D eigenvalue weighted by Gasteiger charge is -2.25. The van der Waals surface area contributed by atoms with Gasteiger partial charge in [-0.25, -0.2) is 4.79 Å². The monoisotopic (exact) mass is 482 g/mol. The maximum atomic E-state index is 13.2. The number of nitrogens with zero attached hydrogens (tertiary/aromatic N) is 4. The van der Waals surface area contributed by atoms with Gasteiger partial charge in [-0.15, -0.1) is 21.5 Å². The second-order valence-corrected chi connectivity index (χ2v) is 9.79. The zero-order valence-electron chi connectivity index (χ0n) is 17.9. The Bertz CT molecular complexity index is 1190. The Balaban J connectivity index is 1.28. The van der Waals surface area contributed by atoms with Crippen LogP contribution in [0.2, 0.25) is 0 Å². The molecule has 170 valence electrons. The molecule has 3 aromatic rings. The number of nitrogens with one attached hydrogen (secondary N) is 2. The molecule has 0 unspecified atom stereocenters. The molecule has 5 rings (SSSR count). The number of imide groups is 1. The predicted molar refractivity (Wildman–Crippen MR) is 124 cm³/mol. The number of aromatic nitrogens is 3. The van der Waals surface area contributed by atoms with Gasteiger partial charge in [-0.1, -0.05) is 55.1 Å². The quantitative estimate of drug-likeness (QED) is 0.377. The van der Waals surface area contributed by atoms with Gasteiger partial charge in [-0.3, -0.25) is 19.6 Å². The molecule has 1 atom stereocenters. The van der Waals surface area contributed by atoms with Crippen molar-refractivity contribution in [2.45, 2.75) is 42.9 Å². The van der Waals surface area contributed by atoms with Crippen LogP contribution in [0.15, 0.2) is 53.0 Å². The van der Waals surface area contributed by atoms with Crippen molar-refractivity contribution in [2.75, 3.05) is 5.75 Å². The highest BCUT2D eigenvalue weighted by molar-refractivity contribution is 7.99. The number of hydrazine groups is 1. The molecule has 1 aliphatic heterocycles. The van der Waals surface area contributed by atoms with E-state index in [1.165, 1.54) is 11.8 Å². The van der Waals surface area contributed by atoms with Crippen molar-refractivity contribution in [1.29, 1.82) is 0 Å². The van der Waals surface area contributed by atoms with E-state index in [4.69, 9.17) is 0 Å². The number of urea groups is 1. The number of hydrogen-bond acceptors (Lipinski definition) is 7. The number of thiophene rings is 1. The van der Waals surface area contributed by atoms with Gasteiger partial charge < -0.3 is 5.32 Å². The van der Waals surface area contributed by atoms with E-state index in [1.54, 1.807) is 23.5 Å². The van der Waals surface area contributed by atoms with E-state index >= 15 is 0 Å². The van der Waals surface area contributed by atoms with Gasteiger partial charge in [0.25, 0.3) is 5.91 Å². The van der Waals surface area contributed by atoms with E-state index < -0.39 is 23.4 Å². The molecule has 4 amide bonds. The maximum absolute atomic E-state index is 13.2. The molecule has 2 fully saturated rings. The van der Waals surface area contributed by atoms with E-state index in [2.05, 4.69) is 25.5 Å². The topological polar surface area (TPSA) is 109 Å². The molecule has 3 heterocycles. The highest BCUT2D eigenvalue weighted by Gasteiger charge is 2.52. The fraction of sp³-hybridized carbons (Fsp3) is 0.318. The number of thioether (sulfide) groups is 1. The van der Waals surface area contributed by atoms with Gasteiger partial charge in [-0.05, 0) is 36.3 Å². The molecule has 1 aliphatic carbocycles. The summed E-state index contributed by atoms with van der Waals surface area (Å²) in [5.74, 6) is -0.163. The molecule has 9 nitrogen and oxygen atoms in total. The SMILES string of the molecule is CC[C@]1(c2ccccc2)NC(=O)N(NC(=O)CSc2nnc(-c3cccs3)n2C2CC2)C1=O. The summed E-state index contributed by atoms with van der Waals surface area (Å²) in [7, 11) is 0. The normalized spacial score (nSPS) is 20.2. The van der Waals surface area contributed by atoms with Gasteiger partial charge in [-0.2, -0.15) is 5.01 Å². The first kappa shape index (κ1) is 21.7. The molecule has 2 aromatic heterocycles. The zero-order valence-corrected chi connectivity index (χ0v) is 19.5. The fourth-order valence-corrected chi connectivity index (χ4v) is 5.44. The largest absolute Gasteiger partial charge is 0.344 e. The first-order chi connectivity index (χ1) is 16.0. The summed E-state index contributed by atoms with van der Waals surface area (Å²) in [6, 6.07) is 12.7. The molecule has 2 N–H and O–H groups in total. The molecular weight excluding hydrogens is 460 g/mol. The molecular formula is C22H22N6O3S2. The summed E-state index contributed by atoms with van der Waals surface area (Å²) in [5, 5.41) is 14.8. The molecule has 0 bridgehead atoms. The van der Waals surface area contributed by atoms with Crippen molar-refractivity contribution in [1.82, 2.24) is 30.5 Å². The van der Waals surface area contributed by atoms with Crippen molar-refractivity contribution < 1.29 is 14.4 Å². The molecule has 0 spiro atoms. The van der Waals surface area contributed by atoms with Gasteiger partial charge in [0.15, 0.2) is 11.0 Å². The lowest BCUT2D eigenvalue weighted by Crippen LogP contribution is -2.49. The van der Waals surface area contributed by atoms with Gasteiger partial charge >= 0.3 is 6.03 Å². The van der Waals surface area contributed by atoms with Gasteiger partial charge in [0.1, 0.15) is 5.54 Å². The highest BCUT2D eigenvalue weighted by Crippen LogP contribution is 2.41. The zero-order chi connectivity index (χ0) is 23.0. The summed E-state index contributed by atoms with van der Waals surface area (Å²) in [6.45, 7) is 1.82. The minimum atomic E-state index is -1.19. The Morgan fingerprint density at radius 1 is 1.21 bits per heavy atom. The van der Waals surface area contributed by atoms with Crippen LogP contribution in [-0.4, -0.2) is 43.4 Å². The third kappa shape index (κ3) is 3.91. The van der Waals surface area contributed by atoms with E-state index in [0.717, 1.165) is 28.6 Å². The highest BCUT2D eigenvalue weighted by atomic mass is 32.2. The van der Waals surface area contributed by atoms with Crippen molar-refractivity contribution >= 4 is 40.9 Å². The Kier molecular flexibility index (Phi) is 5.67. The number of carbonyl (C=O) groups is 3. The summed E-state index contributed by atoms with van der Waals surface area (Å²) in [6.07, 6.45) is 2.47. The van der Waals surface area contributed by atoms with Crippen molar-refractivity contribution in [2.24, 2.45) is 0 Å². The molecule has 1 saturated carbocycles. The third-order valence-electron chi connectivity index (χ3n) is 5.78. The Hall–Kier alpha value is -3.18. The van der Waals surface area contributed by atoms with Gasteiger partial charge in [0, 0.05) is 6.04 Å². The van der Waals surface area contributed by atoms with E-state index in [1.807, 2.05) is 42.6 Å². The lowest BCUT2D eigenvalue weighted by atomic mass is 9.87. The van der Waals surface area contributed by atoms with Crippen LogP contribution < -0.4 is 10.7 Å². The second-order valence-electron chi connectivity index (χ2n) is 7.90. The number of amides is 4. The van der Waals surface area contributed by atoms with E-state index in [-0.39, 0.29) is 5.75 Å². The molecule has 1 saturated heterocycles. The maximum Gasteiger partial charge on any atom is 0.344 e. The Morgan fingerprint density at radius 2 is 2.00 bits per heavy atom. The minimum Gasteiger partial charge on any atom is -0.318 e. The van der Waals surface area contributed by atoms with Crippen LogP contribution in [0.1, 0.15) is 37.8 Å². The number of rotatable bonds is 8. The second kappa shape index (κ2) is 8.64. The number of hydrogen-bond donors (Lipinski definition) is 2. The molecule has 0 radical (unpaired) electrons. The van der Waals surface area contributed by atoms with Crippen LogP contribution in [0.4, 0.5) is 4.79 Å². The average Bonchev–Trinajstić information content (AvgIpc) is 3.26. The Morgan fingerprint density at radius 3 is 2.67 bits per heavy atom. The molecule has 33 heavy (non-hydrogen) atoms. The van der Waals surface area contributed by atoms with Crippen LogP contribution >= 0.6 is 23.1 Å². The lowest BCUT2D eigenvalue weighted by molar-refractivity contribution is -0.138. The standard InChI is InChI=1S/C22H22N6O3S2/c1-2-22(14-7-4-3-5-8-14)19(30)28(20(31)23-22)26-17(29)13-33-21-25-24-18(16-9-6-12-32-16)27(21)15-10-11-15/h3-9,12,15H,2,10-11,13H2,1H3,(H,23,31)(H,26,29)/t22-/m1/s1. The van der Waals surface area contributed by atoms with Crippen molar-refractivity contribution in [3.63, 3.8) is 0 Å². The van der Waals surface area contributed by atoms with Crippen LogP contribution in [0.3, 0.4) is 0 Å². The molecule has 2 aliphatic rings. The van der Waals surface area contributed by atoms with Crippen molar-refractivity contribution in [3.05, 3.63) is 53.4 Å². The number of benzene rings is 1. The first-order valence-corrected chi connectivity index (χ1v) is 12.5.